The molecular formula is C26H28ClN3O2S. The van der Waals surface area contributed by atoms with Gasteiger partial charge in [-0.1, -0.05) is 35.4 Å². The van der Waals surface area contributed by atoms with Gasteiger partial charge in [-0.3, -0.25) is 9.59 Å². The molecule has 0 bridgehead atoms. The lowest BCUT2D eigenvalue weighted by Gasteiger charge is -2.44. The van der Waals surface area contributed by atoms with Crippen LogP contribution in [0, 0.1) is 0 Å². The van der Waals surface area contributed by atoms with Gasteiger partial charge in [-0.15, -0.1) is 11.3 Å². The Hall–Kier alpha value is -2.57. The molecule has 0 radical (unpaired) electrons. The second-order valence-corrected chi connectivity index (χ2v) is 10.5. The van der Waals surface area contributed by atoms with Gasteiger partial charge in [0, 0.05) is 23.5 Å². The lowest BCUT2D eigenvalue weighted by Crippen LogP contribution is -2.64. The van der Waals surface area contributed by atoms with Crippen molar-refractivity contribution in [2.45, 2.75) is 57.7 Å². The van der Waals surface area contributed by atoms with Gasteiger partial charge in [0.2, 0.25) is 5.91 Å². The molecule has 7 heteroatoms. The molecule has 1 aromatic carbocycles. The van der Waals surface area contributed by atoms with Crippen LogP contribution in [0.5, 0.6) is 0 Å². The molecule has 0 fully saturated rings. The van der Waals surface area contributed by atoms with Gasteiger partial charge in [-0.2, -0.15) is 0 Å². The Balaban J connectivity index is 1.43. The Morgan fingerprint density at radius 1 is 1.21 bits per heavy atom. The smallest absolute Gasteiger partial charge is 0.271 e. The normalized spacial score (nSPS) is 20.6. The predicted molar refractivity (Wildman–Crippen MR) is 134 cm³/mol. The molecule has 5 nitrogen and oxygen atoms in total. The molecular weight excluding hydrogens is 454 g/mol. The number of hydrogen-bond donors (Lipinski definition) is 1. The number of thiophene rings is 1. The van der Waals surface area contributed by atoms with Gasteiger partial charge in [0.1, 0.15) is 16.1 Å². The number of hydrogen-bond acceptors (Lipinski definition) is 3. The molecule has 3 heterocycles. The molecule has 0 spiro atoms. The van der Waals surface area contributed by atoms with Crippen molar-refractivity contribution in [2.24, 2.45) is 0 Å². The van der Waals surface area contributed by atoms with Crippen LogP contribution in [0.2, 0.25) is 5.02 Å². The van der Waals surface area contributed by atoms with Crippen molar-refractivity contribution in [3.05, 3.63) is 69.7 Å². The number of carbonyl (C=O) groups is 2. The molecule has 33 heavy (non-hydrogen) atoms. The standard InChI is InChI=1S/C26H28ClN3O2S/c1-26(25(32)28-16-19-7-9-21(27)10-8-19)17-29-22(15-20-12-14-33-24(20)29)23(31)30(26)13-11-18-5-3-2-4-6-18/h5,7-10,12,14-15H,2-4,6,11,13,16-17H2,1H3,(H,28,32)/t26-/m1/s1. The van der Waals surface area contributed by atoms with E-state index < -0.39 is 5.54 Å². The number of carbonyl (C=O) groups excluding carboxylic acids is 2. The summed E-state index contributed by atoms with van der Waals surface area (Å²) in [5.74, 6) is -0.197. The van der Waals surface area contributed by atoms with E-state index in [4.69, 9.17) is 11.6 Å². The Labute approximate surface area is 203 Å². The van der Waals surface area contributed by atoms with Crippen molar-refractivity contribution in [2.75, 3.05) is 6.54 Å². The third kappa shape index (κ3) is 4.22. The van der Waals surface area contributed by atoms with Gasteiger partial charge in [0.05, 0.1) is 6.54 Å². The summed E-state index contributed by atoms with van der Waals surface area (Å²) in [5, 5.41) is 6.84. The van der Waals surface area contributed by atoms with Crippen LogP contribution in [0.3, 0.4) is 0 Å². The van der Waals surface area contributed by atoms with Gasteiger partial charge in [0.15, 0.2) is 0 Å². The number of nitrogens with one attached hydrogen (secondary N) is 1. The lowest BCUT2D eigenvalue weighted by molar-refractivity contribution is -0.133. The number of rotatable bonds is 6. The quantitative estimate of drug-likeness (QED) is 0.454. The van der Waals surface area contributed by atoms with Crippen LogP contribution in [0.15, 0.2) is 53.4 Å². The van der Waals surface area contributed by atoms with E-state index in [0.717, 1.165) is 35.0 Å². The largest absolute Gasteiger partial charge is 0.350 e. The van der Waals surface area contributed by atoms with Gasteiger partial charge in [-0.05, 0) is 74.2 Å². The number of nitrogens with zero attached hydrogens (tertiary/aromatic N) is 2. The molecule has 0 saturated carbocycles. The molecule has 1 N–H and O–H groups in total. The summed E-state index contributed by atoms with van der Waals surface area (Å²) in [6.07, 6.45) is 7.78. The summed E-state index contributed by atoms with van der Waals surface area (Å²) >= 11 is 7.60. The minimum absolute atomic E-state index is 0.0646. The van der Waals surface area contributed by atoms with E-state index >= 15 is 0 Å². The zero-order chi connectivity index (χ0) is 23.0. The summed E-state index contributed by atoms with van der Waals surface area (Å²) in [7, 11) is 0. The molecule has 2 aliphatic rings. The fourth-order valence-corrected chi connectivity index (χ4v) is 5.99. The number of allylic oxidation sites excluding steroid dienone is 1. The van der Waals surface area contributed by atoms with Crippen LogP contribution in [0.1, 0.15) is 55.1 Å². The van der Waals surface area contributed by atoms with Crippen molar-refractivity contribution in [3.63, 3.8) is 0 Å². The van der Waals surface area contributed by atoms with E-state index in [1.54, 1.807) is 16.2 Å². The summed E-state index contributed by atoms with van der Waals surface area (Å²) in [6.45, 7) is 3.30. The average Bonchev–Trinajstić information content (AvgIpc) is 3.41. The topological polar surface area (TPSA) is 54.3 Å². The molecule has 2 aromatic heterocycles. The minimum atomic E-state index is -0.971. The average molecular weight is 482 g/mol. The predicted octanol–water partition coefficient (Wildman–Crippen LogP) is 5.78. The van der Waals surface area contributed by atoms with Crippen LogP contribution in [0.25, 0.3) is 10.2 Å². The second-order valence-electron chi connectivity index (χ2n) is 9.19. The van der Waals surface area contributed by atoms with Crippen LogP contribution in [0.4, 0.5) is 0 Å². The van der Waals surface area contributed by atoms with Gasteiger partial charge >= 0.3 is 0 Å². The Kier molecular flexibility index (Phi) is 6.06. The number of benzene rings is 1. The maximum Gasteiger partial charge on any atom is 0.271 e. The summed E-state index contributed by atoms with van der Waals surface area (Å²) in [5.41, 5.74) is 2.08. The molecule has 5 rings (SSSR count). The zero-order valence-electron chi connectivity index (χ0n) is 18.8. The van der Waals surface area contributed by atoms with Crippen molar-refractivity contribution < 1.29 is 9.59 Å². The van der Waals surface area contributed by atoms with Crippen LogP contribution < -0.4 is 5.32 Å². The first-order valence-electron chi connectivity index (χ1n) is 11.5. The summed E-state index contributed by atoms with van der Waals surface area (Å²) in [4.78, 5) is 30.2. The lowest BCUT2D eigenvalue weighted by atomic mass is 9.92. The number of fused-ring (bicyclic) bond motifs is 3. The highest BCUT2D eigenvalue weighted by Crippen LogP contribution is 2.35. The van der Waals surface area contributed by atoms with Crippen LogP contribution in [-0.2, 0) is 17.9 Å². The maximum atomic E-state index is 13.7. The Morgan fingerprint density at radius 3 is 2.79 bits per heavy atom. The number of aromatic nitrogens is 1. The van der Waals surface area contributed by atoms with E-state index in [1.807, 2.05) is 53.3 Å². The first-order valence-corrected chi connectivity index (χ1v) is 12.8. The number of amides is 2. The van der Waals surface area contributed by atoms with Crippen LogP contribution in [-0.4, -0.2) is 33.4 Å². The molecule has 3 aromatic rings. The van der Waals surface area contributed by atoms with Gasteiger partial charge in [0.25, 0.3) is 5.91 Å². The SMILES string of the molecule is C[C@]1(C(=O)NCc2ccc(Cl)cc2)Cn2c(cc3ccsc32)C(=O)N1CCC1=CCCCC1. The third-order valence-electron chi connectivity index (χ3n) is 6.93. The van der Waals surface area contributed by atoms with Crippen molar-refractivity contribution in [1.29, 1.82) is 0 Å². The highest BCUT2D eigenvalue weighted by molar-refractivity contribution is 7.16. The highest BCUT2D eigenvalue weighted by atomic mass is 35.5. The Bertz CT molecular complexity index is 1230. The van der Waals surface area contributed by atoms with E-state index in [1.165, 1.54) is 18.4 Å². The Morgan fingerprint density at radius 2 is 2.03 bits per heavy atom. The zero-order valence-corrected chi connectivity index (χ0v) is 20.3. The molecule has 1 aliphatic heterocycles. The van der Waals surface area contributed by atoms with Gasteiger partial charge in [-0.25, -0.2) is 0 Å². The van der Waals surface area contributed by atoms with E-state index in [-0.39, 0.29) is 11.8 Å². The fraction of sp³-hybridized carbons (Fsp3) is 0.385. The molecule has 1 atom stereocenters. The summed E-state index contributed by atoms with van der Waals surface area (Å²) < 4.78 is 2.03. The minimum Gasteiger partial charge on any atom is -0.350 e. The van der Waals surface area contributed by atoms with Crippen LogP contribution >= 0.6 is 22.9 Å². The summed E-state index contributed by atoms with van der Waals surface area (Å²) in [6, 6.07) is 11.4. The molecule has 1 aliphatic carbocycles. The highest BCUT2D eigenvalue weighted by Gasteiger charge is 2.47. The van der Waals surface area contributed by atoms with E-state index in [9.17, 15) is 9.59 Å². The first kappa shape index (κ1) is 22.2. The molecule has 0 unspecified atom stereocenters. The third-order valence-corrected chi connectivity index (χ3v) is 8.13. The second kappa shape index (κ2) is 8.99. The number of halogens is 1. The first-order chi connectivity index (χ1) is 16.0. The fourth-order valence-electron chi connectivity index (χ4n) is 4.97. The van der Waals surface area contributed by atoms with E-state index in [0.29, 0.717) is 30.4 Å². The van der Waals surface area contributed by atoms with Crippen molar-refractivity contribution in [1.82, 2.24) is 14.8 Å². The monoisotopic (exact) mass is 481 g/mol. The molecule has 172 valence electrons. The molecule has 0 saturated heterocycles. The van der Waals surface area contributed by atoms with Crippen molar-refractivity contribution >= 4 is 45.0 Å². The maximum absolute atomic E-state index is 13.7. The molecule has 2 amide bonds. The van der Waals surface area contributed by atoms with E-state index in [2.05, 4.69) is 11.4 Å². The van der Waals surface area contributed by atoms with Crippen molar-refractivity contribution in [3.8, 4) is 0 Å². The van der Waals surface area contributed by atoms with Gasteiger partial charge < -0.3 is 14.8 Å².